The van der Waals surface area contributed by atoms with E-state index < -0.39 is 28.3 Å². The van der Waals surface area contributed by atoms with Gasteiger partial charge in [-0.2, -0.15) is 0 Å². The molecule has 7 heteroatoms. The number of hydrogen-bond acceptors (Lipinski definition) is 4. The summed E-state index contributed by atoms with van der Waals surface area (Å²) in [7, 11) is -3.41. The number of amides is 1. The van der Waals surface area contributed by atoms with E-state index in [2.05, 4.69) is 0 Å². The number of carboxylic acid groups (broad SMARTS) is 1. The minimum absolute atomic E-state index is 0.0618. The van der Waals surface area contributed by atoms with Crippen LogP contribution in [-0.4, -0.2) is 48.6 Å². The lowest BCUT2D eigenvalue weighted by atomic mass is 10.1. The van der Waals surface area contributed by atoms with Gasteiger partial charge in [0, 0.05) is 11.6 Å². The van der Waals surface area contributed by atoms with Crippen LogP contribution in [0.4, 0.5) is 0 Å². The molecular formula is C14H19NO5S. The van der Waals surface area contributed by atoms with Crippen molar-refractivity contribution in [3.63, 3.8) is 0 Å². The number of rotatable bonds is 6. The third-order valence-electron chi connectivity index (χ3n) is 3.01. The summed E-state index contributed by atoms with van der Waals surface area (Å²) in [4.78, 5) is 24.4. The zero-order valence-corrected chi connectivity index (χ0v) is 13.1. The monoisotopic (exact) mass is 313 g/mol. The summed E-state index contributed by atoms with van der Waals surface area (Å²) in [5.74, 6) is -1.68. The largest absolute Gasteiger partial charge is 0.480 e. The van der Waals surface area contributed by atoms with E-state index >= 15 is 0 Å². The van der Waals surface area contributed by atoms with Crippen molar-refractivity contribution in [1.82, 2.24) is 4.90 Å². The second-order valence-corrected chi connectivity index (χ2v) is 7.13. The molecule has 0 aromatic heterocycles. The van der Waals surface area contributed by atoms with Crippen LogP contribution >= 0.6 is 0 Å². The highest BCUT2D eigenvalue weighted by atomic mass is 32.2. The molecular weight excluding hydrogens is 294 g/mol. The van der Waals surface area contributed by atoms with Gasteiger partial charge in [0.2, 0.25) is 0 Å². The Kier molecular flexibility index (Phi) is 5.48. The van der Waals surface area contributed by atoms with Gasteiger partial charge in [0.05, 0.1) is 10.6 Å². The molecule has 0 spiro atoms. The molecule has 21 heavy (non-hydrogen) atoms. The van der Waals surface area contributed by atoms with Crippen molar-refractivity contribution in [1.29, 1.82) is 0 Å². The SMILES string of the molecule is CCS(=O)(=O)c1cccc(C(=O)N(CC(=O)O)C(C)C)c1. The third kappa shape index (κ3) is 4.29. The van der Waals surface area contributed by atoms with Crippen LogP contribution in [0.2, 0.25) is 0 Å². The Morgan fingerprint density at radius 1 is 1.29 bits per heavy atom. The van der Waals surface area contributed by atoms with Crippen molar-refractivity contribution in [2.75, 3.05) is 12.3 Å². The molecule has 1 N–H and O–H groups in total. The molecule has 1 aromatic rings. The van der Waals surface area contributed by atoms with Gasteiger partial charge in [0.1, 0.15) is 6.54 Å². The van der Waals surface area contributed by atoms with Gasteiger partial charge in [0.15, 0.2) is 9.84 Å². The number of nitrogens with zero attached hydrogens (tertiary/aromatic N) is 1. The molecule has 0 heterocycles. The highest BCUT2D eigenvalue weighted by molar-refractivity contribution is 7.91. The van der Waals surface area contributed by atoms with Crippen molar-refractivity contribution < 1.29 is 23.1 Å². The first kappa shape index (κ1) is 17.2. The Morgan fingerprint density at radius 3 is 2.38 bits per heavy atom. The second kappa shape index (κ2) is 6.71. The van der Waals surface area contributed by atoms with Crippen LogP contribution in [0.3, 0.4) is 0 Å². The summed E-state index contributed by atoms with van der Waals surface area (Å²) >= 11 is 0. The van der Waals surface area contributed by atoms with E-state index in [0.29, 0.717) is 0 Å². The van der Waals surface area contributed by atoms with Crippen molar-refractivity contribution >= 4 is 21.7 Å². The number of carbonyl (C=O) groups excluding carboxylic acids is 1. The van der Waals surface area contributed by atoms with E-state index in [0.717, 1.165) is 0 Å². The van der Waals surface area contributed by atoms with Gasteiger partial charge in [-0.25, -0.2) is 8.42 Å². The fraction of sp³-hybridized carbons (Fsp3) is 0.429. The second-order valence-electron chi connectivity index (χ2n) is 4.85. The summed E-state index contributed by atoms with van der Waals surface area (Å²) < 4.78 is 23.7. The summed E-state index contributed by atoms with van der Waals surface area (Å²) in [5, 5.41) is 8.86. The first-order valence-corrected chi connectivity index (χ1v) is 8.20. The van der Waals surface area contributed by atoms with Gasteiger partial charge >= 0.3 is 5.97 Å². The number of carbonyl (C=O) groups is 2. The number of carboxylic acids is 1. The van der Waals surface area contributed by atoms with E-state index in [1.54, 1.807) is 13.8 Å². The van der Waals surface area contributed by atoms with Crippen molar-refractivity contribution in [3.8, 4) is 0 Å². The average molecular weight is 313 g/mol. The summed E-state index contributed by atoms with van der Waals surface area (Å²) in [6.45, 7) is 4.50. The molecule has 1 aromatic carbocycles. The number of sulfone groups is 1. The lowest BCUT2D eigenvalue weighted by molar-refractivity contribution is -0.138. The average Bonchev–Trinajstić information content (AvgIpc) is 2.43. The summed E-state index contributed by atoms with van der Waals surface area (Å²) in [6.07, 6.45) is 0. The predicted octanol–water partition coefficient (Wildman–Crippen LogP) is 1.42. The van der Waals surface area contributed by atoms with Crippen molar-refractivity contribution in [2.24, 2.45) is 0 Å². The molecule has 0 aliphatic rings. The molecule has 0 bridgehead atoms. The normalized spacial score (nSPS) is 11.4. The lowest BCUT2D eigenvalue weighted by Crippen LogP contribution is -2.40. The highest BCUT2D eigenvalue weighted by Gasteiger charge is 2.22. The minimum Gasteiger partial charge on any atom is -0.480 e. The van der Waals surface area contributed by atoms with Crippen LogP contribution < -0.4 is 0 Å². The zero-order valence-electron chi connectivity index (χ0n) is 12.2. The fourth-order valence-electron chi connectivity index (χ4n) is 1.79. The van der Waals surface area contributed by atoms with E-state index in [-0.39, 0.29) is 22.3 Å². The number of aliphatic carboxylic acids is 1. The van der Waals surface area contributed by atoms with Crippen LogP contribution in [0.15, 0.2) is 29.2 Å². The Morgan fingerprint density at radius 2 is 1.90 bits per heavy atom. The molecule has 1 amide bonds. The van der Waals surface area contributed by atoms with Crippen molar-refractivity contribution in [2.45, 2.75) is 31.7 Å². The Bertz CT molecular complexity index is 637. The molecule has 0 radical (unpaired) electrons. The van der Waals surface area contributed by atoms with Crippen LogP contribution in [0, 0.1) is 0 Å². The topological polar surface area (TPSA) is 91.8 Å². The van der Waals surface area contributed by atoms with Crippen molar-refractivity contribution in [3.05, 3.63) is 29.8 Å². The first-order valence-electron chi connectivity index (χ1n) is 6.54. The van der Waals surface area contributed by atoms with Crippen LogP contribution in [0.1, 0.15) is 31.1 Å². The molecule has 0 atom stereocenters. The third-order valence-corrected chi connectivity index (χ3v) is 4.74. The predicted molar refractivity (Wildman–Crippen MR) is 78.0 cm³/mol. The van der Waals surface area contributed by atoms with Gasteiger partial charge in [-0.05, 0) is 32.0 Å². The lowest BCUT2D eigenvalue weighted by Gasteiger charge is -2.25. The molecule has 6 nitrogen and oxygen atoms in total. The zero-order chi connectivity index (χ0) is 16.2. The van der Waals surface area contributed by atoms with E-state index in [4.69, 9.17) is 5.11 Å². The molecule has 116 valence electrons. The quantitative estimate of drug-likeness (QED) is 0.857. The van der Waals surface area contributed by atoms with Gasteiger partial charge in [-0.15, -0.1) is 0 Å². The minimum atomic E-state index is -3.41. The molecule has 0 saturated carbocycles. The standard InChI is InChI=1S/C14H19NO5S/c1-4-21(19,20)12-7-5-6-11(8-12)14(18)15(10(2)3)9-13(16)17/h5-8,10H,4,9H2,1-3H3,(H,16,17). The van der Waals surface area contributed by atoms with Crippen LogP contribution in [-0.2, 0) is 14.6 Å². The maximum Gasteiger partial charge on any atom is 0.323 e. The van der Waals surface area contributed by atoms with E-state index in [1.807, 2.05) is 0 Å². The van der Waals surface area contributed by atoms with Gasteiger partial charge in [-0.3, -0.25) is 9.59 Å². The number of hydrogen-bond donors (Lipinski definition) is 1. The van der Waals surface area contributed by atoms with Crippen LogP contribution in [0.5, 0.6) is 0 Å². The smallest absolute Gasteiger partial charge is 0.323 e. The highest BCUT2D eigenvalue weighted by Crippen LogP contribution is 2.16. The van der Waals surface area contributed by atoms with Crippen LogP contribution in [0.25, 0.3) is 0 Å². The molecule has 0 aliphatic heterocycles. The van der Waals surface area contributed by atoms with E-state index in [9.17, 15) is 18.0 Å². The van der Waals surface area contributed by atoms with E-state index in [1.165, 1.54) is 36.1 Å². The maximum absolute atomic E-state index is 12.4. The molecule has 0 saturated heterocycles. The molecule has 0 aliphatic carbocycles. The molecule has 1 rings (SSSR count). The first-order chi connectivity index (χ1) is 9.69. The summed E-state index contributed by atoms with van der Waals surface area (Å²) in [5.41, 5.74) is 0.166. The Hall–Kier alpha value is -1.89. The Labute approximate surface area is 124 Å². The van der Waals surface area contributed by atoms with Gasteiger partial charge < -0.3 is 10.0 Å². The summed E-state index contributed by atoms with van der Waals surface area (Å²) in [6, 6.07) is 5.37. The molecule has 0 fully saturated rings. The van der Waals surface area contributed by atoms with Gasteiger partial charge in [-0.1, -0.05) is 13.0 Å². The number of benzene rings is 1. The maximum atomic E-state index is 12.4. The van der Waals surface area contributed by atoms with Gasteiger partial charge in [0.25, 0.3) is 5.91 Å². The fourth-order valence-corrected chi connectivity index (χ4v) is 2.72. The molecule has 0 unspecified atom stereocenters. The Balaban J connectivity index is 3.18.